The smallest absolute Gasteiger partial charge is 0.246 e. The zero-order chi connectivity index (χ0) is 16.5. The highest BCUT2D eigenvalue weighted by Gasteiger charge is 2.33. The van der Waals surface area contributed by atoms with Crippen molar-refractivity contribution >= 4 is 15.9 Å². The Bertz CT molecular complexity index is 631. The number of carbonyl (C=O) groups is 1. The number of carbonyl (C=O) groups excluding carboxylic acids is 1. The summed E-state index contributed by atoms with van der Waals surface area (Å²) in [7, 11) is -3.87. The van der Waals surface area contributed by atoms with E-state index in [0.29, 0.717) is 12.5 Å². The Hall–Kier alpha value is -1.45. The highest BCUT2D eigenvalue weighted by Crippen LogP contribution is 2.32. The maximum atomic E-state index is 12.3. The van der Waals surface area contributed by atoms with Crippen LogP contribution in [0.4, 0.5) is 0 Å². The molecule has 0 spiro atoms. The molecular weight excluding hydrogens is 308 g/mol. The lowest BCUT2D eigenvalue weighted by Gasteiger charge is -2.20. The van der Waals surface area contributed by atoms with Crippen LogP contribution in [0.1, 0.15) is 31.2 Å². The molecule has 0 saturated heterocycles. The van der Waals surface area contributed by atoms with Gasteiger partial charge in [0.15, 0.2) is 5.76 Å². The van der Waals surface area contributed by atoms with E-state index >= 15 is 0 Å². The first-order valence-corrected chi connectivity index (χ1v) is 8.70. The molecule has 2 rings (SSSR count). The van der Waals surface area contributed by atoms with Crippen LogP contribution in [-0.4, -0.2) is 38.1 Å². The minimum atomic E-state index is -3.87. The van der Waals surface area contributed by atoms with Crippen LogP contribution in [0.15, 0.2) is 9.42 Å². The van der Waals surface area contributed by atoms with E-state index in [0.717, 1.165) is 12.8 Å². The van der Waals surface area contributed by atoms with Gasteiger partial charge in [-0.3, -0.25) is 4.79 Å². The summed E-state index contributed by atoms with van der Waals surface area (Å²) in [5, 5.41) is 6.41. The third-order valence-corrected chi connectivity index (χ3v) is 5.52. The second kappa shape index (κ2) is 6.35. The molecule has 1 fully saturated rings. The fourth-order valence-electron chi connectivity index (χ4n) is 2.38. The van der Waals surface area contributed by atoms with Crippen molar-refractivity contribution in [3.63, 3.8) is 0 Å². The quantitative estimate of drug-likeness (QED) is 0.636. The van der Waals surface area contributed by atoms with Crippen LogP contribution >= 0.6 is 0 Å². The first-order valence-electron chi connectivity index (χ1n) is 7.22. The van der Waals surface area contributed by atoms with Gasteiger partial charge in [0, 0.05) is 12.6 Å². The van der Waals surface area contributed by atoms with E-state index in [9.17, 15) is 13.2 Å². The molecule has 124 valence electrons. The van der Waals surface area contributed by atoms with Crippen molar-refractivity contribution in [3.05, 3.63) is 11.5 Å². The summed E-state index contributed by atoms with van der Waals surface area (Å²) in [6.45, 7) is 4.88. The number of nitrogens with one attached hydrogen (secondary N) is 2. The normalized spacial score (nSPS) is 18.0. The van der Waals surface area contributed by atoms with Gasteiger partial charge in [-0.2, -0.15) is 4.72 Å². The van der Waals surface area contributed by atoms with Crippen molar-refractivity contribution in [1.82, 2.24) is 15.2 Å². The lowest BCUT2D eigenvalue weighted by molar-refractivity contribution is -0.123. The van der Waals surface area contributed by atoms with Crippen LogP contribution < -0.4 is 15.8 Å². The summed E-state index contributed by atoms with van der Waals surface area (Å²) in [5.41, 5.74) is 5.89. The Morgan fingerprint density at radius 1 is 1.45 bits per heavy atom. The van der Waals surface area contributed by atoms with E-state index in [-0.39, 0.29) is 22.4 Å². The van der Waals surface area contributed by atoms with Gasteiger partial charge in [-0.1, -0.05) is 5.16 Å². The second-order valence-electron chi connectivity index (χ2n) is 5.68. The Morgan fingerprint density at radius 2 is 2.09 bits per heavy atom. The van der Waals surface area contributed by atoms with Gasteiger partial charge in [-0.05, 0) is 39.5 Å². The van der Waals surface area contributed by atoms with E-state index in [2.05, 4.69) is 15.2 Å². The lowest BCUT2D eigenvalue weighted by atomic mass is 10.2. The number of hydrogen-bond acceptors (Lipinski definition) is 6. The minimum absolute atomic E-state index is 0.0234. The van der Waals surface area contributed by atoms with Gasteiger partial charge in [-0.25, -0.2) is 8.42 Å². The molecule has 1 saturated carbocycles. The van der Waals surface area contributed by atoms with Gasteiger partial charge in [-0.15, -0.1) is 0 Å². The number of hydrogen-bond donors (Lipinski definition) is 3. The lowest BCUT2D eigenvalue weighted by Crippen LogP contribution is -2.50. The number of nitrogens with zero attached hydrogens (tertiary/aromatic N) is 1. The molecule has 0 bridgehead atoms. The Balaban J connectivity index is 2.04. The third kappa shape index (κ3) is 3.65. The fourth-order valence-corrected chi connectivity index (χ4v) is 3.91. The van der Waals surface area contributed by atoms with Gasteiger partial charge < -0.3 is 15.6 Å². The van der Waals surface area contributed by atoms with E-state index < -0.39 is 22.0 Å². The highest BCUT2D eigenvalue weighted by atomic mass is 32.2. The molecule has 1 aliphatic carbocycles. The fraction of sp³-hybridized carbons (Fsp3) is 0.692. The summed E-state index contributed by atoms with van der Waals surface area (Å²) in [6.07, 6.45) is 2.09. The van der Waals surface area contributed by atoms with Crippen molar-refractivity contribution in [3.8, 4) is 0 Å². The number of nitrogens with two attached hydrogens (primary N) is 1. The van der Waals surface area contributed by atoms with Crippen LogP contribution in [0.2, 0.25) is 0 Å². The van der Waals surface area contributed by atoms with E-state index in [1.807, 2.05) is 0 Å². The van der Waals surface area contributed by atoms with Crippen molar-refractivity contribution in [2.45, 2.75) is 50.6 Å². The first kappa shape index (κ1) is 16.9. The van der Waals surface area contributed by atoms with Gasteiger partial charge in [0.1, 0.15) is 10.6 Å². The predicted molar refractivity (Wildman–Crippen MR) is 79.5 cm³/mol. The van der Waals surface area contributed by atoms with Gasteiger partial charge in [0.2, 0.25) is 15.9 Å². The molecule has 2 atom stereocenters. The average molecular weight is 330 g/mol. The van der Waals surface area contributed by atoms with Crippen LogP contribution in [0.25, 0.3) is 0 Å². The Morgan fingerprint density at radius 3 is 2.55 bits per heavy atom. The molecule has 2 unspecified atom stereocenters. The summed E-state index contributed by atoms with van der Waals surface area (Å²) in [4.78, 5) is 12.1. The van der Waals surface area contributed by atoms with E-state index in [4.69, 9.17) is 10.3 Å². The first-order chi connectivity index (χ1) is 10.3. The SMILES string of the molecule is Cc1noc(C)c1S(=O)(=O)NC(C)C(=O)NC(CN)C1CC1. The van der Waals surface area contributed by atoms with Crippen LogP contribution in [0, 0.1) is 19.8 Å². The molecule has 0 aromatic carbocycles. The molecule has 4 N–H and O–H groups in total. The number of sulfonamides is 1. The Kier molecular flexibility index (Phi) is 4.88. The summed E-state index contributed by atoms with van der Waals surface area (Å²) >= 11 is 0. The minimum Gasteiger partial charge on any atom is -0.360 e. The molecule has 1 aromatic rings. The number of amides is 1. The molecule has 8 nitrogen and oxygen atoms in total. The average Bonchev–Trinajstić information content (AvgIpc) is 3.20. The number of aryl methyl sites for hydroxylation is 2. The molecular formula is C13H22N4O4S. The number of rotatable bonds is 7. The molecule has 1 amide bonds. The van der Waals surface area contributed by atoms with Crippen molar-refractivity contribution in [1.29, 1.82) is 0 Å². The molecule has 1 heterocycles. The third-order valence-electron chi connectivity index (χ3n) is 3.73. The van der Waals surface area contributed by atoms with Crippen LogP contribution in [0.3, 0.4) is 0 Å². The predicted octanol–water partition coefficient (Wildman–Crippen LogP) is -0.188. The molecule has 1 aromatic heterocycles. The number of aromatic nitrogens is 1. The van der Waals surface area contributed by atoms with Crippen molar-refractivity contribution in [2.24, 2.45) is 11.7 Å². The molecule has 0 aliphatic heterocycles. The van der Waals surface area contributed by atoms with Crippen LogP contribution in [0.5, 0.6) is 0 Å². The zero-order valence-corrected chi connectivity index (χ0v) is 13.7. The highest BCUT2D eigenvalue weighted by molar-refractivity contribution is 7.89. The summed E-state index contributed by atoms with van der Waals surface area (Å²) < 4.78 is 31.9. The molecule has 9 heteroatoms. The van der Waals surface area contributed by atoms with Gasteiger partial charge in [0.05, 0.1) is 6.04 Å². The summed E-state index contributed by atoms with van der Waals surface area (Å²) in [5.74, 6) is 0.202. The summed E-state index contributed by atoms with van der Waals surface area (Å²) in [6, 6.07) is -1.01. The van der Waals surface area contributed by atoms with E-state index in [1.54, 1.807) is 0 Å². The molecule has 0 radical (unpaired) electrons. The second-order valence-corrected chi connectivity index (χ2v) is 7.34. The monoisotopic (exact) mass is 330 g/mol. The topological polar surface area (TPSA) is 127 Å². The van der Waals surface area contributed by atoms with E-state index in [1.165, 1.54) is 20.8 Å². The maximum Gasteiger partial charge on any atom is 0.246 e. The maximum absolute atomic E-state index is 12.3. The molecule has 1 aliphatic rings. The van der Waals surface area contributed by atoms with Gasteiger partial charge >= 0.3 is 0 Å². The van der Waals surface area contributed by atoms with Crippen molar-refractivity contribution in [2.75, 3.05) is 6.54 Å². The largest absolute Gasteiger partial charge is 0.360 e. The zero-order valence-electron chi connectivity index (χ0n) is 12.9. The van der Waals surface area contributed by atoms with Crippen molar-refractivity contribution < 1.29 is 17.7 Å². The standard InChI is InChI=1S/C13H22N4O4S/c1-7-12(9(3)21-16-7)22(19,20)17-8(2)13(18)15-11(6-14)10-4-5-10/h8,10-11,17H,4-6,14H2,1-3H3,(H,15,18). The molecule has 22 heavy (non-hydrogen) atoms. The van der Waals surface area contributed by atoms with Gasteiger partial charge in [0.25, 0.3) is 0 Å². The van der Waals surface area contributed by atoms with Crippen LogP contribution in [-0.2, 0) is 14.8 Å². The Labute approximate surface area is 129 Å².